The number of thiazole rings is 1. The van der Waals surface area contributed by atoms with Crippen LogP contribution < -0.4 is 0 Å². The van der Waals surface area contributed by atoms with Crippen LogP contribution in [0, 0.1) is 0 Å². The van der Waals surface area contributed by atoms with Crippen LogP contribution in [-0.4, -0.2) is 19.9 Å². The van der Waals surface area contributed by atoms with Gasteiger partial charge in [-0.3, -0.25) is 0 Å². The summed E-state index contributed by atoms with van der Waals surface area (Å²) in [5, 5.41) is 5.67. The third-order valence-electron chi connectivity index (χ3n) is 11.0. The fourth-order valence-corrected chi connectivity index (χ4v) is 10.3. The second-order valence-corrected chi connectivity index (χ2v) is 16.7. The number of hydrogen-bond donors (Lipinski definition) is 0. The van der Waals surface area contributed by atoms with E-state index in [0.717, 1.165) is 60.3 Å². The number of rotatable bonds is 6. The summed E-state index contributed by atoms with van der Waals surface area (Å²) < 4.78 is 10.2. The Bertz CT molecular complexity index is 3520. The van der Waals surface area contributed by atoms with Gasteiger partial charge in [0.15, 0.2) is 17.5 Å². The number of furan rings is 1. The van der Waals surface area contributed by atoms with Crippen molar-refractivity contribution < 1.29 is 4.42 Å². The van der Waals surface area contributed by atoms with Crippen molar-refractivity contribution in [2.24, 2.45) is 0 Å². The number of hydrogen-bond acceptors (Lipinski definition) is 7. The zero-order valence-electron chi connectivity index (χ0n) is 31.3. The fourth-order valence-electron chi connectivity index (χ4n) is 8.07. The molecule has 7 heteroatoms. The standard InChI is InChI=1S/C52H30N4OS2/c1-2-10-33(11-3-1)49-54-50(56-51(55-49)41-16-9-14-39-38-12-4-6-18-44(38)57-47(39)41)34-24-22-32(23-25-34)37-13-8-15-40-42-30-36(28-29-45(42)58-48(37)40)31-20-26-35(27-21-31)52-53-43-17-5-7-19-46(43)59-52/h1-30H. The lowest BCUT2D eigenvalue weighted by atomic mass is 9.99. The molecule has 59 heavy (non-hydrogen) atoms. The molecule has 5 nitrogen and oxygen atoms in total. The van der Waals surface area contributed by atoms with Crippen molar-refractivity contribution in [2.45, 2.75) is 0 Å². The van der Waals surface area contributed by atoms with E-state index in [2.05, 4.69) is 115 Å². The highest BCUT2D eigenvalue weighted by molar-refractivity contribution is 7.26. The Morgan fingerprint density at radius 1 is 0.356 bits per heavy atom. The topological polar surface area (TPSA) is 64.7 Å². The Labute approximate surface area is 346 Å². The van der Waals surface area contributed by atoms with Crippen molar-refractivity contribution >= 4 is 75.0 Å². The Morgan fingerprint density at radius 2 is 0.983 bits per heavy atom. The summed E-state index contributed by atoms with van der Waals surface area (Å²) in [6.45, 7) is 0. The maximum atomic E-state index is 6.41. The summed E-state index contributed by atoms with van der Waals surface area (Å²) in [5.41, 5.74) is 11.2. The van der Waals surface area contributed by atoms with Crippen molar-refractivity contribution in [1.29, 1.82) is 0 Å². The molecule has 0 bridgehead atoms. The Balaban J connectivity index is 0.899. The SMILES string of the molecule is c1ccc(-c2nc(-c3ccc(-c4cccc5c4sc4ccc(-c6ccc(-c7nc8ccccc8s7)cc6)cc45)cc3)nc(-c3cccc4c3oc3ccccc34)n2)cc1. The van der Waals surface area contributed by atoms with E-state index >= 15 is 0 Å². The molecule has 0 unspecified atom stereocenters. The zero-order chi connectivity index (χ0) is 38.9. The highest BCUT2D eigenvalue weighted by Crippen LogP contribution is 2.42. The number of fused-ring (bicyclic) bond motifs is 7. The molecule has 0 saturated heterocycles. The Hall–Kier alpha value is -7.32. The van der Waals surface area contributed by atoms with Crippen LogP contribution in [0.4, 0.5) is 0 Å². The van der Waals surface area contributed by atoms with Crippen molar-refractivity contribution in [3.8, 4) is 67.0 Å². The molecule has 0 atom stereocenters. The first-order chi connectivity index (χ1) is 29.2. The minimum atomic E-state index is 0.570. The average Bonchev–Trinajstić information content (AvgIpc) is 4.03. The van der Waals surface area contributed by atoms with Crippen LogP contribution in [0.25, 0.3) is 119 Å². The van der Waals surface area contributed by atoms with E-state index in [1.54, 1.807) is 11.3 Å². The summed E-state index contributed by atoms with van der Waals surface area (Å²) in [4.78, 5) is 20.0. The number of benzene rings is 8. The first-order valence-electron chi connectivity index (χ1n) is 19.4. The van der Waals surface area contributed by atoms with Gasteiger partial charge in [0, 0.05) is 47.6 Å². The van der Waals surface area contributed by atoms with Crippen molar-refractivity contribution in [2.75, 3.05) is 0 Å². The van der Waals surface area contributed by atoms with Gasteiger partial charge in [-0.2, -0.15) is 0 Å². The molecule has 0 amide bonds. The molecule has 0 saturated carbocycles. The lowest BCUT2D eigenvalue weighted by molar-refractivity contribution is 0.669. The van der Waals surface area contributed by atoms with Crippen LogP contribution in [0.3, 0.4) is 0 Å². The van der Waals surface area contributed by atoms with Gasteiger partial charge in [0.2, 0.25) is 0 Å². The van der Waals surface area contributed by atoms with Gasteiger partial charge in [-0.05, 0) is 58.7 Å². The number of thiophene rings is 1. The molecule has 0 N–H and O–H groups in total. The van der Waals surface area contributed by atoms with Crippen molar-refractivity contribution in [3.63, 3.8) is 0 Å². The van der Waals surface area contributed by atoms with Gasteiger partial charge in [-0.15, -0.1) is 22.7 Å². The predicted octanol–water partition coefficient (Wildman–Crippen LogP) is 14.8. The molecule has 0 fully saturated rings. The number of aromatic nitrogens is 4. The van der Waals surface area contributed by atoms with Crippen LogP contribution >= 0.6 is 22.7 Å². The monoisotopic (exact) mass is 790 g/mol. The smallest absolute Gasteiger partial charge is 0.167 e. The van der Waals surface area contributed by atoms with E-state index in [9.17, 15) is 0 Å². The van der Waals surface area contributed by atoms with E-state index < -0.39 is 0 Å². The molecule has 0 aliphatic rings. The fraction of sp³-hybridized carbons (Fsp3) is 0. The van der Waals surface area contributed by atoms with Crippen LogP contribution in [0.5, 0.6) is 0 Å². The minimum absolute atomic E-state index is 0.570. The molecular formula is C52H30N4OS2. The molecule has 4 heterocycles. The van der Waals surface area contributed by atoms with Gasteiger partial charge in [-0.1, -0.05) is 146 Å². The second kappa shape index (κ2) is 13.7. The summed E-state index contributed by atoms with van der Waals surface area (Å²) in [7, 11) is 0. The van der Waals surface area contributed by atoms with Gasteiger partial charge >= 0.3 is 0 Å². The highest BCUT2D eigenvalue weighted by Gasteiger charge is 2.18. The molecule has 4 aromatic heterocycles. The molecule has 0 aliphatic heterocycles. The molecule has 12 aromatic rings. The van der Waals surface area contributed by atoms with Crippen LogP contribution in [0.1, 0.15) is 0 Å². The van der Waals surface area contributed by atoms with E-state index in [1.165, 1.54) is 41.6 Å². The quantitative estimate of drug-likeness (QED) is 0.168. The summed E-state index contributed by atoms with van der Waals surface area (Å²) in [6.07, 6.45) is 0. The molecule has 0 radical (unpaired) electrons. The average molecular weight is 791 g/mol. The van der Waals surface area contributed by atoms with Crippen LogP contribution in [-0.2, 0) is 0 Å². The van der Waals surface area contributed by atoms with Gasteiger partial charge in [0.1, 0.15) is 16.2 Å². The second-order valence-electron chi connectivity index (χ2n) is 14.6. The molecule has 8 aromatic carbocycles. The Kier molecular flexibility index (Phi) is 7.82. The lowest BCUT2D eigenvalue weighted by Gasteiger charge is -2.10. The van der Waals surface area contributed by atoms with Crippen LogP contribution in [0.2, 0.25) is 0 Å². The molecule has 0 aliphatic carbocycles. The normalized spacial score (nSPS) is 11.7. The summed E-state index contributed by atoms with van der Waals surface area (Å²) >= 11 is 3.58. The van der Waals surface area contributed by atoms with Gasteiger partial charge < -0.3 is 4.42 Å². The lowest BCUT2D eigenvalue weighted by Crippen LogP contribution is -2.00. The molecular weight excluding hydrogens is 761 g/mol. The molecule has 0 spiro atoms. The van der Waals surface area contributed by atoms with Gasteiger partial charge in [0.05, 0.1) is 15.8 Å². The molecule has 276 valence electrons. The third kappa shape index (κ3) is 5.82. The first-order valence-corrected chi connectivity index (χ1v) is 21.1. The van der Waals surface area contributed by atoms with E-state index in [4.69, 9.17) is 24.4 Å². The number of nitrogens with zero attached hydrogens (tertiary/aromatic N) is 4. The van der Waals surface area contributed by atoms with Gasteiger partial charge in [-0.25, -0.2) is 19.9 Å². The summed E-state index contributed by atoms with van der Waals surface area (Å²) in [5.74, 6) is 1.79. The van der Waals surface area contributed by atoms with Gasteiger partial charge in [0.25, 0.3) is 0 Å². The maximum absolute atomic E-state index is 6.41. The predicted molar refractivity (Wildman–Crippen MR) is 246 cm³/mol. The largest absolute Gasteiger partial charge is 0.455 e. The Morgan fingerprint density at radius 3 is 1.81 bits per heavy atom. The van der Waals surface area contributed by atoms with E-state index in [-0.39, 0.29) is 0 Å². The first kappa shape index (κ1) is 33.8. The zero-order valence-corrected chi connectivity index (χ0v) is 33.0. The maximum Gasteiger partial charge on any atom is 0.167 e. The third-order valence-corrected chi connectivity index (χ3v) is 13.3. The highest BCUT2D eigenvalue weighted by atomic mass is 32.1. The summed E-state index contributed by atoms with van der Waals surface area (Å²) in [6, 6.07) is 63.5. The minimum Gasteiger partial charge on any atom is -0.455 e. The van der Waals surface area contributed by atoms with E-state index in [1.807, 2.05) is 78.1 Å². The van der Waals surface area contributed by atoms with Crippen LogP contribution in [0.15, 0.2) is 186 Å². The molecule has 12 rings (SSSR count). The van der Waals surface area contributed by atoms with Crippen molar-refractivity contribution in [3.05, 3.63) is 182 Å². The van der Waals surface area contributed by atoms with Crippen molar-refractivity contribution in [1.82, 2.24) is 19.9 Å². The number of para-hydroxylation sites is 3. The van der Waals surface area contributed by atoms with E-state index in [0.29, 0.717) is 17.5 Å².